The molecule has 0 bridgehead atoms. The Morgan fingerprint density at radius 1 is 1.33 bits per heavy atom. The maximum atomic E-state index is 9.24. The highest BCUT2D eigenvalue weighted by atomic mass is 16.9. The van der Waals surface area contributed by atoms with Crippen molar-refractivity contribution < 1.29 is 19.3 Å². The summed E-state index contributed by atoms with van der Waals surface area (Å²) in [6, 6.07) is 7.18. The van der Waals surface area contributed by atoms with E-state index in [9.17, 15) is 5.11 Å². The van der Waals surface area contributed by atoms with Gasteiger partial charge in [0.25, 0.3) is 0 Å². The molecule has 4 heteroatoms. The zero-order valence-corrected chi connectivity index (χ0v) is 8.13. The number of aromatic hydroxyl groups is 1. The predicted octanol–water partition coefficient (Wildman–Crippen LogP) is 1.03. The Morgan fingerprint density at radius 2 is 2.27 bits per heavy atom. The summed E-state index contributed by atoms with van der Waals surface area (Å²) in [5, 5.41) is 9.24. The van der Waals surface area contributed by atoms with E-state index in [1.54, 1.807) is 12.1 Å². The Balaban J connectivity index is 1.45. The van der Waals surface area contributed by atoms with Gasteiger partial charge in [-0.3, -0.25) is 0 Å². The van der Waals surface area contributed by atoms with E-state index in [0.717, 1.165) is 12.0 Å². The van der Waals surface area contributed by atoms with Crippen LogP contribution in [0, 0.1) is 0 Å². The third-order valence-electron chi connectivity index (χ3n) is 2.60. The van der Waals surface area contributed by atoms with Crippen molar-refractivity contribution in [1.82, 2.24) is 0 Å². The van der Waals surface area contributed by atoms with Crippen LogP contribution in [-0.2, 0) is 20.6 Å². The Bertz CT molecular complexity index is 365. The maximum Gasteiger partial charge on any atom is 0.192 e. The first-order valence-corrected chi connectivity index (χ1v) is 5.03. The van der Waals surface area contributed by atoms with E-state index < -0.39 is 0 Å². The van der Waals surface area contributed by atoms with E-state index in [0.29, 0.717) is 6.61 Å². The molecule has 4 nitrogen and oxygen atoms in total. The van der Waals surface area contributed by atoms with Gasteiger partial charge in [-0.25, -0.2) is 0 Å². The summed E-state index contributed by atoms with van der Waals surface area (Å²) in [5.41, 5.74) is 1.06. The lowest BCUT2D eigenvalue weighted by Crippen LogP contribution is -2.36. The Hall–Kier alpha value is -1.10. The summed E-state index contributed by atoms with van der Waals surface area (Å²) < 4.78 is 15.7. The number of phenolic OH excluding ortho intramolecular Hbond substituents is 1. The molecule has 3 unspecified atom stereocenters. The summed E-state index contributed by atoms with van der Waals surface area (Å²) in [5.74, 6) is 0.290. The summed E-state index contributed by atoms with van der Waals surface area (Å²) in [4.78, 5) is 0. The second-order valence-corrected chi connectivity index (χ2v) is 3.76. The minimum Gasteiger partial charge on any atom is -0.508 e. The second-order valence-electron chi connectivity index (χ2n) is 3.76. The number of hydrogen-bond donors (Lipinski definition) is 1. The molecule has 0 aliphatic carbocycles. The Labute approximate surface area is 87.4 Å². The number of rotatable bonds is 4. The van der Waals surface area contributed by atoms with Gasteiger partial charge in [0.2, 0.25) is 0 Å². The highest BCUT2D eigenvalue weighted by molar-refractivity contribution is 5.27. The molecule has 2 heterocycles. The first-order chi connectivity index (χ1) is 7.33. The Kier molecular flexibility index (Phi) is 2.12. The van der Waals surface area contributed by atoms with E-state index >= 15 is 0 Å². The fourth-order valence-corrected chi connectivity index (χ4v) is 1.67. The standard InChI is InChI=1S/C11H12O4/c12-8-3-1-2-7(6-8)4-5-13-10-9-11(14-9)15-10/h1-3,6,9-12H,4-5H2. The molecule has 1 aromatic rings. The molecule has 2 fully saturated rings. The van der Waals surface area contributed by atoms with E-state index in [1.165, 1.54) is 0 Å². The first kappa shape index (κ1) is 9.15. The largest absolute Gasteiger partial charge is 0.508 e. The minimum atomic E-state index is -0.174. The van der Waals surface area contributed by atoms with E-state index in [-0.39, 0.29) is 24.4 Å². The van der Waals surface area contributed by atoms with Crippen molar-refractivity contribution in [2.45, 2.75) is 25.1 Å². The highest BCUT2D eigenvalue weighted by Gasteiger charge is 2.59. The van der Waals surface area contributed by atoms with Crippen molar-refractivity contribution >= 4 is 0 Å². The number of benzene rings is 1. The average Bonchev–Trinajstić information content (AvgIpc) is 2.84. The van der Waals surface area contributed by atoms with Crippen LogP contribution in [0.3, 0.4) is 0 Å². The molecule has 3 rings (SSSR count). The molecular weight excluding hydrogens is 196 g/mol. The van der Waals surface area contributed by atoms with Gasteiger partial charge in [-0.2, -0.15) is 0 Å². The molecule has 3 atom stereocenters. The topological polar surface area (TPSA) is 51.2 Å². The zero-order valence-electron chi connectivity index (χ0n) is 8.13. The van der Waals surface area contributed by atoms with Gasteiger partial charge >= 0.3 is 0 Å². The van der Waals surface area contributed by atoms with Gasteiger partial charge in [-0.15, -0.1) is 0 Å². The number of phenols is 1. The zero-order chi connectivity index (χ0) is 10.3. The monoisotopic (exact) mass is 208 g/mol. The van der Waals surface area contributed by atoms with Crippen molar-refractivity contribution in [2.75, 3.05) is 6.61 Å². The first-order valence-electron chi connectivity index (χ1n) is 5.03. The molecule has 0 aromatic heterocycles. The molecule has 1 N–H and O–H groups in total. The van der Waals surface area contributed by atoms with E-state index in [2.05, 4.69) is 0 Å². The third-order valence-corrected chi connectivity index (χ3v) is 2.60. The second kappa shape index (κ2) is 3.48. The van der Waals surface area contributed by atoms with Crippen molar-refractivity contribution in [3.63, 3.8) is 0 Å². The smallest absolute Gasteiger partial charge is 0.192 e. The molecule has 0 saturated carbocycles. The predicted molar refractivity (Wildman–Crippen MR) is 51.3 cm³/mol. The molecule has 0 spiro atoms. The molecular formula is C11H12O4. The third kappa shape index (κ3) is 1.84. The number of ether oxygens (including phenoxy) is 3. The lowest BCUT2D eigenvalue weighted by Gasteiger charge is -2.20. The van der Waals surface area contributed by atoms with Gasteiger partial charge < -0.3 is 19.3 Å². The molecule has 2 aliphatic heterocycles. The molecule has 80 valence electrons. The number of fused-ring (bicyclic) bond motifs is 1. The quantitative estimate of drug-likeness (QED) is 0.751. The van der Waals surface area contributed by atoms with E-state index in [1.807, 2.05) is 12.1 Å². The van der Waals surface area contributed by atoms with Gasteiger partial charge in [0.05, 0.1) is 6.61 Å². The fourth-order valence-electron chi connectivity index (χ4n) is 1.67. The normalized spacial score (nSPS) is 31.9. The molecule has 0 radical (unpaired) electrons. The van der Waals surface area contributed by atoms with Crippen LogP contribution in [0.4, 0.5) is 0 Å². The molecule has 1 aromatic carbocycles. The maximum absolute atomic E-state index is 9.24. The summed E-state index contributed by atoms with van der Waals surface area (Å²) in [6.45, 7) is 0.584. The van der Waals surface area contributed by atoms with Gasteiger partial charge in [-0.1, -0.05) is 12.1 Å². The van der Waals surface area contributed by atoms with Crippen LogP contribution in [0.5, 0.6) is 5.75 Å². The molecule has 15 heavy (non-hydrogen) atoms. The summed E-state index contributed by atoms with van der Waals surface area (Å²) >= 11 is 0. The fraction of sp³-hybridized carbons (Fsp3) is 0.455. The van der Waals surface area contributed by atoms with Crippen LogP contribution in [-0.4, -0.2) is 30.4 Å². The van der Waals surface area contributed by atoms with Crippen molar-refractivity contribution in [1.29, 1.82) is 0 Å². The van der Waals surface area contributed by atoms with E-state index in [4.69, 9.17) is 14.2 Å². The van der Waals surface area contributed by atoms with Crippen LogP contribution >= 0.6 is 0 Å². The van der Waals surface area contributed by atoms with Gasteiger partial charge in [0.15, 0.2) is 18.7 Å². The van der Waals surface area contributed by atoms with Crippen molar-refractivity contribution in [3.8, 4) is 5.75 Å². The lowest BCUT2D eigenvalue weighted by atomic mass is 10.1. The number of hydrogen-bond acceptors (Lipinski definition) is 4. The summed E-state index contributed by atoms with van der Waals surface area (Å²) in [7, 11) is 0. The van der Waals surface area contributed by atoms with Crippen LogP contribution in [0.2, 0.25) is 0 Å². The summed E-state index contributed by atoms with van der Waals surface area (Å²) in [6.07, 6.45) is 0.781. The lowest BCUT2D eigenvalue weighted by molar-refractivity contribution is -0.201. The molecule has 2 aliphatic rings. The van der Waals surface area contributed by atoms with Gasteiger partial charge in [0.1, 0.15) is 5.75 Å². The average molecular weight is 208 g/mol. The van der Waals surface area contributed by atoms with Crippen LogP contribution in [0.15, 0.2) is 24.3 Å². The van der Waals surface area contributed by atoms with Crippen molar-refractivity contribution in [3.05, 3.63) is 29.8 Å². The van der Waals surface area contributed by atoms with Crippen LogP contribution in [0.1, 0.15) is 5.56 Å². The van der Waals surface area contributed by atoms with Gasteiger partial charge in [0, 0.05) is 0 Å². The van der Waals surface area contributed by atoms with Crippen LogP contribution in [0.25, 0.3) is 0 Å². The van der Waals surface area contributed by atoms with Gasteiger partial charge in [-0.05, 0) is 24.1 Å². The molecule has 2 saturated heterocycles. The molecule has 0 amide bonds. The van der Waals surface area contributed by atoms with Crippen LogP contribution < -0.4 is 0 Å². The number of epoxide rings is 1. The minimum absolute atomic E-state index is 0.00997. The Morgan fingerprint density at radius 3 is 2.93 bits per heavy atom. The van der Waals surface area contributed by atoms with Crippen molar-refractivity contribution in [2.24, 2.45) is 0 Å². The highest BCUT2D eigenvalue weighted by Crippen LogP contribution is 2.40. The SMILES string of the molecule is Oc1cccc(CCOC2OC3OC23)c1.